The number of aromatic carboxylic acids is 1. The van der Waals surface area contributed by atoms with Crippen LogP contribution in [0.3, 0.4) is 0 Å². The van der Waals surface area contributed by atoms with E-state index in [1.54, 1.807) is 17.0 Å². The van der Waals surface area contributed by atoms with Crippen LogP contribution in [0.4, 0.5) is 5.82 Å². The second-order valence-electron chi connectivity index (χ2n) is 4.31. The third-order valence-electron chi connectivity index (χ3n) is 2.96. The zero-order valence-corrected chi connectivity index (χ0v) is 11.9. The summed E-state index contributed by atoms with van der Waals surface area (Å²) in [7, 11) is 0. The van der Waals surface area contributed by atoms with Gasteiger partial charge in [-0.25, -0.2) is 9.78 Å². The Bertz CT molecular complexity index is 459. The topological polar surface area (TPSA) is 82.5 Å². The van der Waals surface area contributed by atoms with Gasteiger partial charge in [-0.3, -0.25) is 4.79 Å². The molecule has 6 heteroatoms. The molecule has 110 valence electrons. The largest absolute Gasteiger partial charge is 0.477 e. The van der Waals surface area contributed by atoms with Crippen LogP contribution in [0.25, 0.3) is 0 Å². The van der Waals surface area contributed by atoms with E-state index in [9.17, 15) is 9.59 Å². The Morgan fingerprint density at radius 2 is 2.00 bits per heavy atom. The number of nitrogens with zero attached hydrogens (tertiary/aromatic N) is 2. The molecule has 1 aromatic heterocycles. The third kappa shape index (κ3) is 4.87. The highest BCUT2D eigenvalue weighted by Crippen LogP contribution is 2.06. The van der Waals surface area contributed by atoms with Crippen molar-refractivity contribution in [3.8, 4) is 0 Å². The van der Waals surface area contributed by atoms with Crippen molar-refractivity contribution in [3.05, 3.63) is 23.9 Å². The minimum Gasteiger partial charge on any atom is -0.477 e. The Balaban J connectivity index is 2.36. The summed E-state index contributed by atoms with van der Waals surface area (Å²) in [6, 6.07) is 4.79. The predicted octanol–water partition coefficient (Wildman–Crippen LogP) is 1.84. The first-order chi connectivity index (χ1) is 9.58. The fourth-order valence-electron chi connectivity index (χ4n) is 1.84. The van der Waals surface area contributed by atoms with Gasteiger partial charge in [0.1, 0.15) is 5.82 Å². The molecule has 1 heterocycles. The Hall–Kier alpha value is -2.11. The highest BCUT2D eigenvalue weighted by molar-refractivity contribution is 5.85. The molecule has 0 spiro atoms. The number of carbonyl (C=O) groups is 2. The van der Waals surface area contributed by atoms with Crippen molar-refractivity contribution < 1.29 is 14.7 Å². The molecule has 0 unspecified atom stereocenters. The van der Waals surface area contributed by atoms with E-state index in [0.717, 1.165) is 13.1 Å². The molecule has 1 aromatic rings. The van der Waals surface area contributed by atoms with Crippen molar-refractivity contribution in [3.63, 3.8) is 0 Å². The van der Waals surface area contributed by atoms with Crippen LogP contribution in [-0.4, -0.2) is 46.5 Å². The van der Waals surface area contributed by atoms with Gasteiger partial charge in [-0.15, -0.1) is 0 Å². The molecule has 0 atom stereocenters. The predicted molar refractivity (Wildman–Crippen MR) is 76.8 cm³/mol. The first kappa shape index (κ1) is 15.9. The molecule has 1 rings (SSSR count). The van der Waals surface area contributed by atoms with Crippen molar-refractivity contribution >= 4 is 17.7 Å². The number of hydrogen-bond acceptors (Lipinski definition) is 4. The average Bonchev–Trinajstić information content (AvgIpc) is 2.45. The van der Waals surface area contributed by atoms with Gasteiger partial charge in [0.05, 0.1) is 0 Å². The summed E-state index contributed by atoms with van der Waals surface area (Å²) in [5.74, 6) is -0.394. The number of pyridine rings is 1. The number of nitrogens with one attached hydrogen (secondary N) is 1. The van der Waals surface area contributed by atoms with Gasteiger partial charge >= 0.3 is 5.97 Å². The summed E-state index contributed by atoms with van der Waals surface area (Å²) in [5, 5.41) is 11.9. The Labute approximate surface area is 118 Å². The molecule has 0 bridgehead atoms. The maximum absolute atomic E-state index is 11.8. The second-order valence-corrected chi connectivity index (χ2v) is 4.31. The van der Waals surface area contributed by atoms with E-state index >= 15 is 0 Å². The monoisotopic (exact) mass is 279 g/mol. The fraction of sp³-hybridized carbons (Fsp3) is 0.500. The second kappa shape index (κ2) is 8.14. The quantitative estimate of drug-likeness (QED) is 0.709. The summed E-state index contributed by atoms with van der Waals surface area (Å²) in [4.78, 5) is 28.3. The maximum Gasteiger partial charge on any atom is 0.354 e. The van der Waals surface area contributed by atoms with E-state index in [1.807, 2.05) is 13.8 Å². The van der Waals surface area contributed by atoms with Gasteiger partial charge < -0.3 is 15.3 Å². The smallest absolute Gasteiger partial charge is 0.354 e. The highest BCUT2D eigenvalue weighted by Gasteiger charge is 2.09. The Morgan fingerprint density at radius 3 is 2.60 bits per heavy atom. The molecule has 20 heavy (non-hydrogen) atoms. The molecule has 0 aliphatic rings. The number of carboxylic acids is 1. The molecule has 0 saturated carbocycles. The van der Waals surface area contributed by atoms with E-state index in [4.69, 9.17) is 5.11 Å². The molecule has 1 amide bonds. The fourth-order valence-corrected chi connectivity index (χ4v) is 1.84. The number of carboxylic acid groups (broad SMARTS) is 1. The molecular weight excluding hydrogens is 258 g/mol. The van der Waals surface area contributed by atoms with Crippen LogP contribution in [-0.2, 0) is 4.79 Å². The zero-order valence-electron chi connectivity index (χ0n) is 11.9. The normalized spacial score (nSPS) is 10.1. The summed E-state index contributed by atoms with van der Waals surface area (Å²) in [6.07, 6.45) is 1.17. The van der Waals surface area contributed by atoms with Crippen molar-refractivity contribution in [1.29, 1.82) is 0 Å². The lowest BCUT2D eigenvalue weighted by molar-refractivity contribution is -0.130. The molecule has 0 saturated heterocycles. The van der Waals surface area contributed by atoms with E-state index in [2.05, 4.69) is 10.3 Å². The molecule has 0 aromatic carbocycles. The lowest BCUT2D eigenvalue weighted by Gasteiger charge is -2.18. The maximum atomic E-state index is 11.8. The van der Waals surface area contributed by atoms with Crippen molar-refractivity contribution in [2.24, 2.45) is 0 Å². The molecule has 0 aliphatic heterocycles. The first-order valence-corrected chi connectivity index (χ1v) is 6.80. The van der Waals surface area contributed by atoms with Crippen molar-refractivity contribution in [2.45, 2.75) is 26.7 Å². The van der Waals surface area contributed by atoms with Crippen molar-refractivity contribution in [2.75, 3.05) is 25.0 Å². The summed E-state index contributed by atoms with van der Waals surface area (Å²) in [6.45, 7) is 5.96. The van der Waals surface area contributed by atoms with Crippen LogP contribution in [0.2, 0.25) is 0 Å². The van der Waals surface area contributed by atoms with E-state index < -0.39 is 5.97 Å². The highest BCUT2D eigenvalue weighted by atomic mass is 16.4. The average molecular weight is 279 g/mol. The summed E-state index contributed by atoms with van der Waals surface area (Å²) < 4.78 is 0. The van der Waals surface area contributed by atoms with Crippen LogP contribution >= 0.6 is 0 Å². The standard InChI is InChI=1S/C14H21N3O3/c1-3-17(4-2)13(18)9-6-10-15-12-8-5-7-11(16-12)14(19)20/h5,7-8H,3-4,6,9-10H2,1-2H3,(H,15,16)(H,19,20). The first-order valence-electron chi connectivity index (χ1n) is 6.80. The molecular formula is C14H21N3O3. The van der Waals surface area contributed by atoms with Gasteiger partial charge in [0.2, 0.25) is 5.91 Å². The number of carbonyl (C=O) groups excluding carboxylic acids is 1. The van der Waals surface area contributed by atoms with Gasteiger partial charge in [0.15, 0.2) is 5.69 Å². The molecule has 6 nitrogen and oxygen atoms in total. The molecule has 0 radical (unpaired) electrons. The van der Waals surface area contributed by atoms with Crippen LogP contribution in [0.5, 0.6) is 0 Å². The van der Waals surface area contributed by atoms with Gasteiger partial charge in [-0.1, -0.05) is 6.07 Å². The Kier molecular flexibility index (Phi) is 6.49. The third-order valence-corrected chi connectivity index (χ3v) is 2.96. The van der Waals surface area contributed by atoms with Crippen LogP contribution in [0, 0.1) is 0 Å². The summed E-state index contributed by atoms with van der Waals surface area (Å²) >= 11 is 0. The molecule has 0 aliphatic carbocycles. The van der Waals surface area contributed by atoms with E-state index in [0.29, 0.717) is 25.2 Å². The SMILES string of the molecule is CCN(CC)C(=O)CCCNc1cccc(C(=O)O)n1. The number of hydrogen-bond donors (Lipinski definition) is 2. The molecule has 0 fully saturated rings. The van der Waals surface area contributed by atoms with Gasteiger partial charge in [-0.05, 0) is 32.4 Å². The number of anilines is 1. The number of rotatable bonds is 8. The van der Waals surface area contributed by atoms with Gasteiger partial charge in [-0.2, -0.15) is 0 Å². The molecule has 2 N–H and O–H groups in total. The number of amides is 1. The van der Waals surface area contributed by atoms with Crippen LogP contribution in [0.15, 0.2) is 18.2 Å². The van der Waals surface area contributed by atoms with Crippen LogP contribution in [0.1, 0.15) is 37.2 Å². The van der Waals surface area contributed by atoms with Gasteiger partial charge in [0, 0.05) is 26.1 Å². The number of aromatic nitrogens is 1. The zero-order chi connectivity index (χ0) is 15.0. The Morgan fingerprint density at radius 1 is 1.30 bits per heavy atom. The van der Waals surface area contributed by atoms with Gasteiger partial charge in [0.25, 0.3) is 0 Å². The van der Waals surface area contributed by atoms with E-state index in [1.165, 1.54) is 6.07 Å². The van der Waals surface area contributed by atoms with Crippen LogP contribution < -0.4 is 5.32 Å². The summed E-state index contributed by atoms with van der Waals surface area (Å²) in [5.41, 5.74) is 0.00853. The van der Waals surface area contributed by atoms with E-state index in [-0.39, 0.29) is 11.6 Å². The lowest BCUT2D eigenvalue weighted by atomic mass is 10.2. The minimum atomic E-state index is -1.05. The minimum absolute atomic E-state index is 0.00853. The van der Waals surface area contributed by atoms with Crippen molar-refractivity contribution in [1.82, 2.24) is 9.88 Å². The lowest BCUT2D eigenvalue weighted by Crippen LogP contribution is -2.30.